The fourth-order valence-corrected chi connectivity index (χ4v) is 8.14. The Kier molecular flexibility index (Phi) is 3.62. The molecule has 23 heavy (non-hydrogen) atoms. The number of aliphatic hydroxyl groups is 1. The van der Waals surface area contributed by atoms with Crippen molar-refractivity contribution in [3.63, 3.8) is 0 Å². The fraction of sp³-hybridized carbons (Fsp3) is 0.952. The number of fused-ring (bicyclic) bond motifs is 5. The smallest absolute Gasteiger partial charge is 0.0661 e. The van der Waals surface area contributed by atoms with Crippen LogP contribution in [0.1, 0.15) is 72.1 Å². The minimum absolute atomic E-state index is 0.0683. The largest absolute Gasteiger partial charge is 0.393 e. The molecule has 0 aromatic rings. The lowest BCUT2D eigenvalue weighted by Gasteiger charge is -2.62. The molecular weight excluding hydrogens is 282 g/mol. The maximum atomic E-state index is 11.2. The molecule has 0 aromatic carbocycles. The summed E-state index contributed by atoms with van der Waals surface area (Å²) >= 11 is 0. The van der Waals surface area contributed by atoms with Crippen molar-refractivity contribution >= 4 is 0 Å². The molecule has 0 bridgehead atoms. The highest BCUT2D eigenvalue weighted by Crippen LogP contribution is 2.67. The average molecular weight is 316 g/mol. The summed E-state index contributed by atoms with van der Waals surface area (Å²) in [6, 6.07) is 2.58. The van der Waals surface area contributed by atoms with Crippen LogP contribution in [-0.2, 0) is 0 Å². The molecule has 9 unspecified atom stereocenters. The van der Waals surface area contributed by atoms with E-state index in [2.05, 4.69) is 26.8 Å². The van der Waals surface area contributed by atoms with Crippen LogP contribution in [0, 0.1) is 57.7 Å². The maximum Gasteiger partial charge on any atom is 0.0661 e. The van der Waals surface area contributed by atoms with Crippen molar-refractivity contribution in [2.24, 2.45) is 46.3 Å². The summed E-state index contributed by atoms with van der Waals surface area (Å²) in [7, 11) is 0. The van der Waals surface area contributed by atoms with Gasteiger partial charge in [0.05, 0.1) is 18.1 Å². The van der Waals surface area contributed by atoms with Gasteiger partial charge in [-0.05, 0) is 78.9 Å². The molecule has 4 saturated carbocycles. The van der Waals surface area contributed by atoms with Gasteiger partial charge in [0, 0.05) is 0 Å². The number of rotatable bonds is 0. The van der Waals surface area contributed by atoms with Crippen molar-refractivity contribution in [3.05, 3.63) is 0 Å². The molecule has 1 N–H and O–H groups in total. The molecule has 4 rings (SSSR count). The second-order valence-electron chi connectivity index (χ2n) is 9.89. The van der Waals surface area contributed by atoms with Crippen molar-refractivity contribution in [3.8, 4) is 6.07 Å². The van der Waals surface area contributed by atoms with E-state index in [1.165, 1.54) is 38.5 Å². The third-order valence-electron chi connectivity index (χ3n) is 9.09. The van der Waals surface area contributed by atoms with Gasteiger partial charge in [-0.25, -0.2) is 0 Å². The van der Waals surface area contributed by atoms with Crippen LogP contribution in [-0.4, -0.2) is 11.2 Å². The van der Waals surface area contributed by atoms with Crippen LogP contribution in [0.25, 0.3) is 0 Å². The molecule has 2 nitrogen and oxygen atoms in total. The third kappa shape index (κ3) is 2.02. The molecule has 0 radical (unpaired) electrons. The van der Waals surface area contributed by atoms with Gasteiger partial charge in [0.25, 0.3) is 0 Å². The number of nitrogens with zero attached hydrogens (tertiary/aromatic N) is 1. The predicted octanol–water partition coefficient (Wildman–Crippen LogP) is 4.78. The number of hydrogen-bond acceptors (Lipinski definition) is 2. The fourth-order valence-electron chi connectivity index (χ4n) is 8.14. The molecule has 4 aliphatic carbocycles. The molecule has 0 aromatic heterocycles. The molecule has 0 amide bonds. The highest BCUT2D eigenvalue weighted by Gasteiger charge is 2.63. The second-order valence-corrected chi connectivity index (χ2v) is 9.89. The molecular formula is C21H33NO. The van der Waals surface area contributed by atoms with E-state index in [-0.39, 0.29) is 17.4 Å². The number of nitriles is 1. The lowest BCUT2D eigenvalue weighted by molar-refractivity contribution is -0.174. The van der Waals surface area contributed by atoms with Crippen molar-refractivity contribution in [1.29, 1.82) is 5.26 Å². The zero-order valence-electron chi connectivity index (χ0n) is 15.1. The molecule has 128 valence electrons. The second kappa shape index (κ2) is 5.22. The van der Waals surface area contributed by atoms with E-state index in [4.69, 9.17) is 0 Å². The van der Waals surface area contributed by atoms with Crippen molar-refractivity contribution in [2.75, 3.05) is 0 Å². The zero-order valence-corrected chi connectivity index (χ0v) is 15.1. The third-order valence-corrected chi connectivity index (χ3v) is 9.09. The monoisotopic (exact) mass is 315 g/mol. The Morgan fingerprint density at radius 3 is 2.48 bits per heavy atom. The Balaban J connectivity index is 1.70. The van der Waals surface area contributed by atoms with Gasteiger partial charge in [-0.3, -0.25) is 0 Å². The SMILES string of the molecule is CC1CCCC2(C)C1CCC1C3CCC(C#N)C3(C)CC(O)C12. The van der Waals surface area contributed by atoms with Crippen molar-refractivity contribution in [2.45, 2.75) is 78.2 Å². The minimum Gasteiger partial charge on any atom is -0.393 e. The first-order valence-electron chi connectivity index (χ1n) is 9.99. The molecule has 9 atom stereocenters. The minimum atomic E-state index is -0.187. The van der Waals surface area contributed by atoms with E-state index in [1.54, 1.807) is 0 Å². The van der Waals surface area contributed by atoms with E-state index < -0.39 is 0 Å². The van der Waals surface area contributed by atoms with Crippen LogP contribution in [0.5, 0.6) is 0 Å². The van der Waals surface area contributed by atoms with E-state index in [0.29, 0.717) is 23.2 Å². The summed E-state index contributed by atoms with van der Waals surface area (Å²) in [6.07, 6.45) is 9.65. The molecule has 0 saturated heterocycles. The van der Waals surface area contributed by atoms with Gasteiger partial charge in [-0.1, -0.05) is 33.6 Å². The van der Waals surface area contributed by atoms with Crippen LogP contribution in [0.2, 0.25) is 0 Å². The van der Waals surface area contributed by atoms with Crippen LogP contribution < -0.4 is 0 Å². The quantitative estimate of drug-likeness (QED) is 0.699. The van der Waals surface area contributed by atoms with Crippen LogP contribution in [0.3, 0.4) is 0 Å². The molecule has 0 heterocycles. The summed E-state index contributed by atoms with van der Waals surface area (Å²) in [6.45, 7) is 7.27. The number of aliphatic hydroxyl groups excluding tert-OH is 1. The van der Waals surface area contributed by atoms with Gasteiger partial charge in [0.15, 0.2) is 0 Å². The van der Waals surface area contributed by atoms with Crippen LogP contribution in [0.15, 0.2) is 0 Å². The van der Waals surface area contributed by atoms with E-state index in [9.17, 15) is 10.4 Å². The van der Waals surface area contributed by atoms with Gasteiger partial charge in [0.1, 0.15) is 0 Å². The van der Waals surface area contributed by atoms with Crippen molar-refractivity contribution in [1.82, 2.24) is 0 Å². The highest BCUT2D eigenvalue weighted by molar-refractivity contribution is 5.14. The van der Waals surface area contributed by atoms with Gasteiger partial charge < -0.3 is 5.11 Å². The molecule has 2 heteroatoms. The molecule has 4 aliphatic rings. The Hall–Kier alpha value is -0.550. The normalized spacial score (nSPS) is 58.7. The lowest BCUT2D eigenvalue weighted by Crippen LogP contribution is -2.59. The van der Waals surface area contributed by atoms with Gasteiger partial charge >= 0.3 is 0 Å². The van der Waals surface area contributed by atoms with Gasteiger partial charge in [0.2, 0.25) is 0 Å². The standard InChI is InChI=1S/C21H33NO/c1-13-5-4-10-20(2)16(13)9-7-15-17-8-6-14(12-22)21(17,3)11-18(23)19(15)20/h13-19,23H,4-11H2,1-3H3. The average Bonchev–Trinajstić information content (AvgIpc) is 2.82. The Morgan fingerprint density at radius 1 is 1.00 bits per heavy atom. The maximum absolute atomic E-state index is 11.2. The highest BCUT2D eigenvalue weighted by atomic mass is 16.3. The predicted molar refractivity (Wildman–Crippen MR) is 91.4 cm³/mol. The number of hydrogen-bond donors (Lipinski definition) is 1. The summed E-state index contributed by atoms with van der Waals surface area (Å²) in [5, 5.41) is 20.8. The van der Waals surface area contributed by atoms with Crippen LogP contribution >= 0.6 is 0 Å². The molecule has 4 fully saturated rings. The topological polar surface area (TPSA) is 44.0 Å². The Labute approximate surface area is 141 Å². The lowest BCUT2D eigenvalue weighted by atomic mass is 9.43. The van der Waals surface area contributed by atoms with Crippen molar-refractivity contribution < 1.29 is 5.11 Å². The summed E-state index contributed by atoms with van der Waals surface area (Å²) < 4.78 is 0. The first-order chi connectivity index (χ1) is 10.9. The van der Waals surface area contributed by atoms with Gasteiger partial charge in [-0.2, -0.15) is 5.26 Å². The van der Waals surface area contributed by atoms with Gasteiger partial charge in [-0.15, -0.1) is 0 Å². The summed E-state index contributed by atoms with van der Waals surface area (Å²) in [4.78, 5) is 0. The van der Waals surface area contributed by atoms with Crippen LogP contribution in [0.4, 0.5) is 0 Å². The first-order valence-corrected chi connectivity index (χ1v) is 9.99. The summed E-state index contributed by atoms with van der Waals surface area (Å²) in [5.74, 6) is 3.62. The molecule has 0 spiro atoms. The van der Waals surface area contributed by atoms with E-state index in [0.717, 1.165) is 24.7 Å². The van der Waals surface area contributed by atoms with E-state index >= 15 is 0 Å². The summed E-state index contributed by atoms with van der Waals surface area (Å²) in [5.41, 5.74) is 0.408. The Morgan fingerprint density at radius 2 is 1.74 bits per heavy atom. The Bertz CT molecular complexity index is 524. The zero-order chi connectivity index (χ0) is 16.4. The first kappa shape index (κ1) is 15.9. The molecule has 0 aliphatic heterocycles. The van der Waals surface area contributed by atoms with E-state index in [1.807, 2.05) is 0 Å².